The highest BCUT2D eigenvalue weighted by Gasteiger charge is 2.15. The fraction of sp³-hybridized carbons (Fsp3) is 0.150. The van der Waals surface area contributed by atoms with Gasteiger partial charge in [0.25, 0.3) is 0 Å². The zero-order valence-electron chi connectivity index (χ0n) is 16.2. The van der Waals surface area contributed by atoms with Gasteiger partial charge in [-0.05, 0) is 48.5 Å². The lowest BCUT2D eigenvalue weighted by Gasteiger charge is -2.06. The van der Waals surface area contributed by atoms with E-state index in [-0.39, 0.29) is 5.75 Å². The molecule has 2 aromatic heterocycles. The van der Waals surface area contributed by atoms with E-state index >= 15 is 0 Å². The molecule has 11 heteroatoms. The molecule has 0 bridgehead atoms. The van der Waals surface area contributed by atoms with Crippen LogP contribution in [-0.4, -0.2) is 33.8 Å². The lowest BCUT2D eigenvalue weighted by atomic mass is 10.1. The Balaban J connectivity index is 1.42. The predicted octanol–water partition coefficient (Wildman–Crippen LogP) is 4.22. The van der Waals surface area contributed by atoms with Crippen molar-refractivity contribution < 1.29 is 22.8 Å². The zero-order chi connectivity index (χ0) is 21.8. The van der Waals surface area contributed by atoms with Gasteiger partial charge in [0.2, 0.25) is 5.16 Å². The first kappa shape index (κ1) is 20.7. The number of nitrogen functional groups attached to an aromatic ring is 1. The molecule has 0 atom stereocenters. The molecule has 0 spiro atoms. The predicted molar refractivity (Wildman–Crippen MR) is 110 cm³/mol. The summed E-state index contributed by atoms with van der Waals surface area (Å²) in [6.07, 6.45) is 0. The maximum atomic E-state index is 12.3. The van der Waals surface area contributed by atoms with Crippen LogP contribution in [0, 0.1) is 0 Å². The minimum atomic E-state index is -2.88. The summed E-state index contributed by atoms with van der Waals surface area (Å²) in [6, 6.07) is 15.3. The quantitative estimate of drug-likeness (QED) is 0.318. The van der Waals surface area contributed by atoms with E-state index in [9.17, 15) is 8.78 Å². The average molecular weight is 445 g/mol. The monoisotopic (exact) mass is 445 g/mol. The zero-order valence-corrected chi connectivity index (χ0v) is 17.1. The molecule has 31 heavy (non-hydrogen) atoms. The number of benzene rings is 2. The standard InChI is InChI=1S/C20H17F2N5O3S/c1-28-14-6-2-12(3-7-14)17-10-16(30-26-17)11-31-20-25-24-18(27(20)23)13-4-8-15(9-5-13)29-19(21)22/h2-10,19H,11,23H2,1H3. The first-order chi connectivity index (χ1) is 15.0. The summed E-state index contributed by atoms with van der Waals surface area (Å²) < 4.78 is 40.8. The van der Waals surface area contributed by atoms with Crippen LogP contribution in [0.5, 0.6) is 11.5 Å². The van der Waals surface area contributed by atoms with E-state index in [0.717, 1.165) is 11.3 Å². The number of hydrogen-bond donors (Lipinski definition) is 1. The van der Waals surface area contributed by atoms with Crippen molar-refractivity contribution in [1.29, 1.82) is 0 Å². The molecular formula is C20H17F2N5O3S. The third-order valence-electron chi connectivity index (χ3n) is 4.29. The van der Waals surface area contributed by atoms with Crippen LogP contribution < -0.4 is 15.3 Å². The summed E-state index contributed by atoms with van der Waals surface area (Å²) in [5, 5.41) is 12.7. The van der Waals surface area contributed by atoms with E-state index < -0.39 is 6.61 Å². The third kappa shape index (κ3) is 4.77. The summed E-state index contributed by atoms with van der Waals surface area (Å²) in [4.78, 5) is 0. The molecular weight excluding hydrogens is 428 g/mol. The van der Waals surface area contributed by atoms with Gasteiger partial charge in [0, 0.05) is 17.2 Å². The van der Waals surface area contributed by atoms with Crippen molar-refractivity contribution in [1.82, 2.24) is 20.0 Å². The lowest BCUT2D eigenvalue weighted by Crippen LogP contribution is -2.11. The highest BCUT2D eigenvalue weighted by atomic mass is 32.2. The topological polar surface area (TPSA) is 101 Å². The summed E-state index contributed by atoms with van der Waals surface area (Å²) in [5.74, 6) is 8.40. The fourth-order valence-electron chi connectivity index (χ4n) is 2.77. The molecule has 0 saturated carbocycles. The minimum absolute atomic E-state index is 0.0504. The molecule has 2 N–H and O–H groups in total. The molecule has 0 aliphatic carbocycles. The van der Waals surface area contributed by atoms with E-state index in [1.165, 1.54) is 28.6 Å². The van der Waals surface area contributed by atoms with Gasteiger partial charge in [0.1, 0.15) is 23.0 Å². The van der Waals surface area contributed by atoms with Crippen molar-refractivity contribution in [3.63, 3.8) is 0 Å². The summed E-state index contributed by atoms with van der Waals surface area (Å²) in [7, 11) is 1.61. The van der Waals surface area contributed by atoms with Crippen molar-refractivity contribution >= 4 is 11.8 Å². The van der Waals surface area contributed by atoms with Crippen LogP contribution in [0.25, 0.3) is 22.6 Å². The van der Waals surface area contributed by atoms with Crippen molar-refractivity contribution in [2.45, 2.75) is 17.5 Å². The van der Waals surface area contributed by atoms with E-state index in [1.54, 1.807) is 19.2 Å². The first-order valence-corrected chi connectivity index (χ1v) is 10.0. The molecule has 4 rings (SSSR count). The molecule has 2 heterocycles. The van der Waals surface area contributed by atoms with Gasteiger partial charge in [-0.2, -0.15) is 8.78 Å². The van der Waals surface area contributed by atoms with E-state index in [4.69, 9.17) is 15.1 Å². The Bertz CT molecular complexity index is 1150. The van der Waals surface area contributed by atoms with Crippen LogP contribution in [0.2, 0.25) is 0 Å². The minimum Gasteiger partial charge on any atom is -0.497 e. The lowest BCUT2D eigenvalue weighted by molar-refractivity contribution is -0.0498. The number of nitrogens with zero attached hydrogens (tertiary/aromatic N) is 4. The van der Waals surface area contributed by atoms with Crippen molar-refractivity contribution in [2.75, 3.05) is 13.0 Å². The van der Waals surface area contributed by atoms with Crippen LogP contribution in [0.15, 0.2) is 64.3 Å². The molecule has 8 nitrogen and oxygen atoms in total. The highest BCUT2D eigenvalue weighted by molar-refractivity contribution is 7.98. The smallest absolute Gasteiger partial charge is 0.387 e. The van der Waals surface area contributed by atoms with Gasteiger partial charge in [0.15, 0.2) is 5.82 Å². The van der Waals surface area contributed by atoms with Crippen LogP contribution >= 0.6 is 11.8 Å². The van der Waals surface area contributed by atoms with Crippen LogP contribution in [0.3, 0.4) is 0 Å². The Kier molecular flexibility index (Phi) is 6.03. The molecule has 4 aromatic rings. The average Bonchev–Trinajstić information content (AvgIpc) is 3.39. The molecule has 0 aliphatic heterocycles. The third-order valence-corrected chi connectivity index (χ3v) is 5.26. The van der Waals surface area contributed by atoms with Crippen LogP contribution in [-0.2, 0) is 5.75 Å². The second-order valence-corrected chi connectivity index (χ2v) is 7.22. The Labute approximate surface area is 179 Å². The van der Waals surface area contributed by atoms with Gasteiger partial charge < -0.3 is 19.8 Å². The van der Waals surface area contributed by atoms with Gasteiger partial charge in [-0.25, -0.2) is 4.68 Å². The molecule has 0 radical (unpaired) electrons. The molecule has 160 valence electrons. The molecule has 0 amide bonds. The highest BCUT2D eigenvalue weighted by Crippen LogP contribution is 2.28. The van der Waals surface area contributed by atoms with Crippen LogP contribution in [0.4, 0.5) is 8.78 Å². The maximum Gasteiger partial charge on any atom is 0.387 e. The van der Waals surface area contributed by atoms with Crippen molar-refractivity contribution in [3.05, 3.63) is 60.4 Å². The molecule has 0 saturated heterocycles. The number of aromatic nitrogens is 4. The maximum absolute atomic E-state index is 12.3. The van der Waals surface area contributed by atoms with E-state index in [1.807, 2.05) is 30.3 Å². The summed E-state index contributed by atoms with van der Waals surface area (Å²) in [5.41, 5.74) is 2.23. The van der Waals surface area contributed by atoms with Gasteiger partial charge >= 0.3 is 6.61 Å². The van der Waals surface area contributed by atoms with Crippen LogP contribution in [0.1, 0.15) is 5.76 Å². The van der Waals surface area contributed by atoms with Gasteiger partial charge in [-0.3, -0.25) is 0 Å². The Morgan fingerprint density at radius 3 is 2.39 bits per heavy atom. The molecule has 0 aliphatic rings. The van der Waals surface area contributed by atoms with Crippen molar-refractivity contribution in [2.24, 2.45) is 0 Å². The first-order valence-electron chi connectivity index (χ1n) is 9.02. The molecule has 2 aromatic carbocycles. The normalized spacial score (nSPS) is 11.1. The SMILES string of the molecule is COc1ccc(-c2cc(CSc3nnc(-c4ccc(OC(F)F)cc4)n3N)on2)cc1. The molecule has 0 fully saturated rings. The summed E-state index contributed by atoms with van der Waals surface area (Å²) in [6.45, 7) is -2.88. The fourth-order valence-corrected chi connectivity index (χ4v) is 3.50. The number of alkyl halides is 2. The van der Waals surface area contributed by atoms with Crippen molar-refractivity contribution in [3.8, 4) is 34.1 Å². The Morgan fingerprint density at radius 1 is 1.03 bits per heavy atom. The number of halogens is 2. The number of thioether (sulfide) groups is 1. The molecule has 0 unspecified atom stereocenters. The van der Waals surface area contributed by atoms with Gasteiger partial charge in [-0.1, -0.05) is 16.9 Å². The number of rotatable bonds is 8. The Hall–Kier alpha value is -3.60. The number of hydrogen-bond acceptors (Lipinski definition) is 8. The van der Waals surface area contributed by atoms with Gasteiger partial charge in [0.05, 0.1) is 12.9 Å². The summed E-state index contributed by atoms with van der Waals surface area (Å²) >= 11 is 1.33. The largest absolute Gasteiger partial charge is 0.497 e. The van der Waals surface area contributed by atoms with E-state index in [0.29, 0.717) is 33.8 Å². The van der Waals surface area contributed by atoms with E-state index in [2.05, 4.69) is 20.1 Å². The number of methoxy groups -OCH3 is 1. The van der Waals surface area contributed by atoms with Gasteiger partial charge in [-0.15, -0.1) is 10.2 Å². The Morgan fingerprint density at radius 2 is 1.71 bits per heavy atom. The number of ether oxygens (including phenoxy) is 2. The second kappa shape index (κ2) is 9.04. The number of nitrogens with two attached hydrogens (primary N) is 1. The second-order valence-electron chi connectivity index (χ2n) is 6.27.